The molecule has 0 unspecified atom stereocenters. The molecule has 8 heteroatoms. The van der Waals surface area contributed by atoms with E-state index in [9.17, 15) is 4.79 Å². The van der Waals surface area contributed by atoms with Gasteiger partial charge in [0, 0.05) is 51.5 Å². The fourth-order valence-corrected chi connectivity index (χ4v) is 4.55. The number of furan rings is 1. The predicted molar refractivity (Wildman–Crippen MR) is 136 cm³/mol. The number of nitrogens with zero attached hydrogens (tertiary/aromatic N) is 5. The number of likely N-dealkylation sites (N-methyl/N-ethyl adjacent to an activating group) is 1. The number of hydrogen-bond donors (Lipinski definition) is 0. The van der Waals surface area contributed by atoms with Crippen LogP contribution in [0.2, 0.25) is 0 Å². The van der Waals surface area contributed by atoms with Gasteiger partial charge in [0.15, 0.2) is 10.9 Å². The van der Waals surface area contributed by atoms with Crippen LogP contribution >= 0.6 is 11.8 Å². The average molecular weight is 480 g/mol. The summed E-state index contributed by atoms with van der Waals surface area (Å²) >= 11 is 1.53. The summed E-state index contributed by atoms with van der Waals surface area (Å²) in [6.45, 7) is 8.29. The number of anilines is 1. The highest BCUT2D eigenvalue weighted by Crippen LogP contribution is 2.27. The number of amides is 1. The number of benzene rings is 1. The molecule has 0 saturated carbocycles. The standard InChI is InChI=1S/C26H33N5O2S/c1-19(2)22-16-24(30(4)17-20-8-6-5-7-9-20)28-26(27-22)34-18-21-10-11-23(33-21)25(32)31-14-12-29(3)13-15-31/h5-11,16,19H,12-15,17-18H2,1-4H3. The van der Waals surface area contributed by atoms with Crippen LogP contribution in [0.3, 0.4) is 0 Å². The van der Waals surface area contributed by atoms with Crippen LogP contribution in [-0.4, -0.2) is 65.9 Å². The molecule has 1 amide bonds. The van der Waals surface area contributed by atoms with Crippen molar-refractivity contribution in [3.8, 4) is 0 Å². The molecular weight excluding hydrogens is 446 g/mol. The first-order valence-corrected chi connectivity index (χ1v) is 12.7. The van der Waals surface area contributed by atoms with Gasteiger partial charge in [-0.3, -0.25) is 4.79 Å². The number of carbonyl (C=O) groups excluding carboxylic acids is 1. The number of carbonyl (C=O) groups is 1. The summed E-state index contributed by atoms with van der Waals surface area (Å²) in [4.78, 5) is 28.6. The summed E-state index contributed by atoms with van der Waals surface area (Å²) in [5, 5.41) is 0.712. The van der Waals surface area contributed by atoms with Crippen LogP contribution in [0.4, 0.5) is 5.82 Å². The number of thioether (sulfide) groups is 1. The molecule has 4 rings (SSSR count). The number of aromatic nitrogens is 2. The lowest BCUT2D eigenvalue weighted by Gasteiger charge is -2.31. The lowest BCUT2D eigenvalue weighted by molar-refractivity contribution is 0.0631. The zero-order valence-corrected chi connectivity index (χ0v) is 21.2. The zero-order valence-electron chi connectivity index (χ0n) is 20.4. The summed E-state index contributed by atoms with van der Waals surface area (Å²) < 4.78 is 5.89. The summed E-state index contributed by atoms with van der Waals surface area (Å²) in [5.41, 5.74) is 2.25. The largest absolute Gasteiger partial charge is 0.455 e. The lowest BCUT2D eigenvalue weighted by atomic mass is 10.1. The van der Waals surface area contributed by atoms with Crippen molar-refractivity contribution in [2.75, 3.05) is 45.2 Å². The van der Waals surface area contributed by atoms with Crippen molar-refractivity contribution in [2.24, 2.45) is 0 Å². The molecule has 0 atom stereocenters. The summed E-state index contributed by atoms with van der Waals surface area (Å²) in [7, 11) is 4.13. The number of rotatable bonds is 8. The molecule has 0 radical (unpaired) electrons. The molecule has 0 spiro atoms. The number of hydrogen-bond acceptors (Lipinski definition) is 7. The van der Waals surface area contributed by atoms with E-state index in [-0.39, 0.29) is 5.91 Å². The molecule has 3 aromatic rings. The van der Waals surface area contributed by atoms with Gasteiger partial charge >= 0.3 is 0 Å². The molecule has 1 fully saturated rings. The van der Waals surface area contributed by atoms with E-state index in [0.29, 0.717) is 22.6 Å². The zero-order chi connectivity index (χ0) is 24.1. The molecule has 1 aromatic carbocycles. The smallest absolute Gasteiger partial charge is 0.289 e. The third-order valence-corrected chi connectivity index (χ3v) is 6.83. The molecule has 180 valence electrons. The second kappa shape index (κ2) is 11.1. The quantitative estimate of drug-likeness (QED) is 0.348. The molecule has 1 saturated heterocycles. The highest BCUT2D eigenvalue weighted by atomic mass is 32.2. The van der Waals surface area contributed by atoms with Gasteiger partial charge in [-0.25, -0.2) is 9.97 Å². The molecule has 7 nitrogen and oxygen atoms in total. The molecule has 3 heterocycles. The van der Waals surface area contributed by atoms with Crippen molar-refractivity contribution in [3.63, 3.8) is 0 Å². The minimum atomic E-state index is -0.0350. The second-order valence-corrected chi connectivity index (χ2v) is 10.0. The third-order valence-electron chi connectivity index (χ3n) is 5.96. The van der Waals surface area contributed by atoms with Crippen LogP contribution in [0.25, 0.3) is 0 Å². The maximum absolute atomic E-state index is 12.8. The van der Waals surface area contributed by atoms with Crippen molar-refractivity contribution < 1.29 is 9.21 Å². The van der Waals surface area contributed by atoms with Gasteiger partial charge in [0.05, 0.1) is 5.75 Å². The Labute approximate surface area is 206 Å². The van der Waals surface area contributed by atoms with E-state index >= 15 is 0 Å². The first kappa shape index (κ1) is 24.3. The second-order valence-electron chi connectivity index (χ2n) is 9.08. The van der Waals surface area contributed by atoms with Gasteiger partial charge in [-0.05, 0) is 30.7 Å². The molecule has 1 aliphatic rings. The Morgan fingerprint density at radius 3 is 2.53 bits per heavy atom. The number of piperazine rings is 1. The van der Waals surface area contributed by atoms with Gasteiger partial charge < -0.3 is 19.1 Å². The Morgan fingerprint density at radius 2 is 1.82 bits per heavy atom. The molecular formula is C26H33N5O2S. The molecule has 0 bridgehead atoms. The van der Waals surface area contributed by atoms with Crippen LogP contribution in [0.15, 0.2) is 58.1 Å². The fourth-order valence-electron chi connectivity index (χ4n) is 3.80. The summed E-state index contributed by atoms with van der Waals surface area (Å²) in [5.74, 6) is 2.88. The third kappa shape index (κ3) is 6.18. The van der Waals surface area contributed by atoms with Gasteiger partial charge in [-0.15, -0.1) is 0 Å². The minimum absolute atomic E-state index is 0.0350. The Hall–Kier alpha value is -2.84. The Bertz CT molecular complexity index is 1090. The van der Waals surface area contributed by atoms with Gasteiger partial charge in [0.1, 0.15) is 11.6 Å². The van der Waals surface area contributed by atoms with E-state index in [2.05, 4.69) is 68.1 Å². The van der Waals surface area contributed by atoms with E-state index in [0.717, 1.165) is 50.0 Å². The van der Waals surface area contributed by atoms with Crippen LogP contribution in [0.1, 0.15) is 47.3 Å². The van der Waals surface area contributed by atoms with Crippen molar-refractivity contribution in [3.05, 3.63) is 71.3 Å². The summed E-state index contributed by atoms with van der Waals surface area (Å²) in [6, 6.07) is 16.1. The van der Waals surface area contributed by atoms with Crippen LogP contribution in [-0.2, 0) is 12.3 Å². The molecule has 1 aliphatic heterocycles. The van der Waals surface area contributed by atoms with Gasteiger partial charge in [0.2, 0.25) is 0 Å². The minimum Gasteiger partial charge on any atom is -0.455 e. The van der Waals surface area contributed by atoms with Gasteiger partial charge in [-0.2, -0.15) is 0 Å². The Morgan fingerprint density at radius 1 is 1.09 bits per heavy atom. The highest BCUT2D eigenvalue weighted by molar-refractivity contribution is 7.98. The molecule has 0 N–H and O–H groups in total. The summed E-state index contributed by atoms with van der Waals surface area (Å²) in [6.07, 6.45) is 0. The van der Waals surface area contributed by atoms with Crippen molar-refractivity contribution in [1.29, 1.82) is 0 Å². The van der Waals surface area contributed by atoms with E-state index < -0.39 is 0 Å². The van der Waals surface area contributed by atoms with Gasteiger partial charge in [-0.1, -0.05) is 55.9 Å². The van der Waals surface area contributed by atoms with E-state index in [4.69, 9.17) is 14.4 Å². The Balaban J connectivity index is 1.43. The average Bonchev–Trinajstić information content (AvgIpc) is 3.32. The van der Waals surface area contributed by atoms with Crippen LogP contribution in [0.5, 0.6) is 0 Å². The molecule has 34 heavy (non-hydrogen) atoms. The van der Waals surface area contributed by atoms with Crippen LogP contribution < -0.4 is 4.90 Å². The molecule has 0 aliphatic carbocycles. The van der Waals surface area contributed by atoms with Gasteiger partial charge in [0.25, 0.3) is 5.91 Å². The van der Waals surface area contributed by atoms with E-state index in [1.54, 1.807) is 6.07 Å². The normalized spacial score (nSPS) is 14.6. The first-order valence-electron chi connectivity index (χ1n) is 11.7. The van der Waals surface area contributed by atoms with Crippen LogP contribution in [0, 0.1) is 0 Å². The van der Waals surface area contributed by atoms with E-state index in [1.165, 1.54) is 17.3 Å². The fraction of sp³-hybridized carbons (Fsp3) is 0.423. The van der Waals surface area contributed by atoms with Crippen molar-refractivity contribution >= 4 is 23.5 Å². The first-order chi connectivity index (χ1) is 16.4. The SMILES string of the molecule is CC(C)c1cc(N(C)Cc2ccccc2)nc(SCc2ccc(C(=O)N3CCN(C)CC3)o2)n1. The topological polar surface area (TPSA) is 65.7 Å². The maximum atomic E-state index is 12.8. The highest BCUT2D eigenvalue weighted by Gasteiger charge is 2.23. The van der Waals surface area contributed by atoms with E-state index in [1.807, 2.05) is 17.0 Å². The predicted octanol–water partition coefficient (Wildman–Crippen LogP) is 4.51. The van der Waals surface area contributed by atoms with Crippen molar-refractivity contribution in [1.82, 2.24) is 19.8 Å². The Kier molecular flexibility index (Phi) is 7.90. The monoisotopic (exact) mass is 479 g/mol. The molecule has 2 aromatic heterocycles. The lowest BCUT2D eigenvalue weighted by Crippen LogP contribution is -2.47. The maximum Gasteiger partial charge on any atom is 0.289 e. The van der Waals surface area contributed by atoms with Crippen molar-refractivity contribution in [2.45, 2.75) is 37.2 Å².